The van der Waals surface area contributed by atoms with Crippen LogP contribution in [0.4, 0.5) is 57.1 Å². The molecule has 0 aliphatic carbocycles. The third kappa shape index (κ3) is 4.71. The van der Waals surface area contributed by atoms with Gasteiger partial charge in [-0.2, -0.15) is 57.1 Å². The molecule has 2 nitrogen and oxygen atoms in total. The molecule has 0 spiro atoms. The van der Waals surface area contributed by atoms with Crippen LogP contribution < -0.4 is 4.74 Å². The van der Waals surface area contributed by atoms with Gasteiger partial charge in [-0.25, -0.2) is 0 Å². The molecule has 1 atom stereocenters. The van der Waals surface area contributed by atoms with Gasteiger partial charge in [0.2, 0.25) is 0 Å². The molecule has 1 unspecified atom stereocenters. The van der Waals surface area contributed by atoms with E-state index in [0.717, 1.165) is 18.2 Å². The molecule has 0 bridgehead atoms. The third-order valence-electron chi connectivity index (χ3n) is 4.16. The fraction of sp³-hybridized carbons (Fsp3) is 0.647. The Bertz CT molecular complexity index is 774. The molecule has 1 aromatic rings. The van der Waals surface area contributed by atoms with E-state index in [1.54, 1.807) is 6.92 Å². The number of aliphatic hydroxyl groups excluding tert-OH is 1. The fourth-order valence-electron chi connectivity index (χ4n) is 2.32. The molecule has 0 heterocycles. The van der Waals surface area contributed by atoms with E-state index in [4.69, 9.17) is 4.74 Å². The second-order valence-corrected chi connectivity index (χ2v) is 6.64. The van der Waals surface area contributed by atoms with E-state index in [2.05, 4.69) is 0 Å². The lowest BCUT2D eigenvalue weighted by Gasteiger charge is -2.40. The summed E-state index contributed by atoms with van der Waals surface area (Å²) < 4.78 is 175. The Morgan fingerprint density at radius 1 is 0.781 bits per heavy atom. The summed E-state index contributed by atoms with van der Waals surface area (Å²) in [6.45, 7) is 1.75. The van der Waals surface area contributed by atoms with Crippen LogP contribution in [-0.2, 0) is 0 Å². The number of aliphatic hydroxyl groups is 1. The maximum Gasteiger partial charge on any atom is 0.460 e. The van der Waals surface area contributed by atoms with E-state index < -0.39 is 53.9 Å². The standard InChI is InChI=1S/C17H15F13O2/c1-2-6-32-10-5-3-4-9(7-10)11(31)8-12(18,19)13(20,21)14(22,23)15(24,25)16(26,27)17(28,29)30/h3-5,7,11,31H,2,6,8H2,1H3. The molecule has 32 heavy (non-hydrogen) atoms. The number of alkyl halides is 13. The second-order valence-electron chi connectivity index (χ2n) is 6.64. The minimum absolute atomic E-state index is 0.0832. The van der Waals surface area contributed by atoms with Crippen molar-refractivity contribution in [1.82, 2.24) is 0 Å². The van der Waals surface area contributed by atoms with E-state index in [0.29, 0.717) is 6.42 Å². The summed E-state index contributed by atoms with van der Waals surface area (Å²) in [6, 6.07) is 3.94. The minimum atomic E-state index is -7.97. The molecule has 0 aliphatic heterocycles. The Labute approximate surface area is 172 Å². The van der Waals surface area contributed by atoms with Gasteiger partial charge in [-0.15, -0.1) is 0 Å². The van der Waals surface area contributed by atoms with Crippen LogP contribution in [0.25, 0.3) is 0 Å². The Morgan fingerprint density at radius 2 is 1.28 bits per heavy atom. The summed E-state index contributed by atoms with van der Waals surface area (Å²) in [5.74, 6) is -37.5. The van der Waals surface area contributed by atoms with Crippen LogP contribution in [0.2, 0.25) is 0 Å². The lowest BCUT2D eigenvalue weighted by atomic mass is 9.90. The molecule has 0 amide bonds. The molecular weight excluding hydrogens is 483 g/mol. The van der Waals surface area contributed by atoms with Crippen molar-refractivity contribution in [3.8, 4) is 5.75 Å². The molecule has 1 aromatic carbocycles. The molecule has 0 fully saturated rings. The van der Waals surface area contributed by atoms with E-state index in [1.165, 1.54) is 6.07 Å². The first-order valence-corrected chi connectivity index (χ1v) is 8.54. The first-order chi connectivity index (χ1) is 14.2. The Kier molecular flexibility index (Phi) is 7.71. The van der Waals surface area contributed by atoms with E-state index in [-0.39, 0.29) is 12.4 Å². The highest BCUT2D eigenvalue weighted by atomic mass is 19.4. The summed E-state index contributed by atoms with van der Waals surface area (Å²) in [4.78, 5) is 0. The molecule has 0 saturated carbocycles. The first-order valence-electron chi connectivity index (χ1n) is 8.54. The Hall–Kier alpha value is -1.93. The van der Waals surface area contributed by atoms with Gasteiger partial charge in [-0.05, 0) is 24.1 Å². The zero-order chi connectivity index (χ0) is 25.4. The van der Waals surface area contributed by atoms with Gasteiger partial charge < -0.3 is 9.84 Å². The zero-order valence-corrected chi connectivity index (χ0v) is 15.8. The number of halogens is 13. The molecular formula is C17H15F13O2. The number of benzene rings is 1. The molecule has 0 radical (unpaired) electrons. The van der Waals surface area contributed by atoms with Crippen LogP contribution in [-0.4, -0.2) is 47.5 Å². The van der Waals surface area contributed by atoms with Gasteiger partial charge in [0.15, 0.2) is 0 Å². The van der Waals surface area contributed by atoms with Crippen LogP contribution >= 0.6 is 0 Å². The lowest BCUT2D eigenvalue weighted by Crippen LogP contribution is -2.70. The van der Waals surface area contributed by atoms with E-state index in [9.17, 15) is 62.2 Å². The fourth-order valence-corrected chi connectivity index (χ4v) is 2.32. The van der Waals surface area contributed by atoms with Crippen molar-refractivity contribution >= 4 is 0 Å². The van der Waals surface area contributed by atoms with Crippen LogP contribution in [0.15, 0.2) is 24.3 Å². The van der Waals surface area contributed by atoms with Crippen molar-refractivity contribution in [2.24, 2.45) is 0 Å². The van der Waals surface area contributed by atoms with Crippen LogP contribution in [0.5, 0.6) is 5.75 Å². The topological polar surface area (TPSA) is 29.5 Å². The SMILES string of the molecule is CCCOc1cccc(C(O)CC(F)(F)C(F)(F)C(F)(F)C(F)(F)C(F)(F)C(F)(F)F)c1. The van der Waals surface area contributed by atoms with Crippen molar-refractivity contribution in [2.75, 3.05) is 6.61 Å². The lowest BCUT2D eigenvalue weighted by molar-refractivity contribution is -0.440. The molecule has 0 saturated heterocycles. The van der Waals surface area contributed by atoms with E-state index >= 15 is 0 Å². The van der Waals surface area contributed by atoms with Gasteiger partial charge in [-0.3, -0.25) is 0 Å². The van der Waals surface area contributed by atoms with Crippen molar-refractivity contribution in [2.45, 2.75) is 61.7 Å². The predicted octanol–water partition coefficient (Wildman–Crippen LogP) is 6.64. The molecule has 1 rings (SSSR count). The van der Waals surface area contributed by atoms with Gasteiger partial charge in [-0.1, -0.05) is 19.1 Å². The Balaban J connectivity index is 3.28. The molecule has 0 aliphatic rings. The van der Waals surface area contributed by atoms with Crippen molar-refractivity contribution in [3.63, 3.8) is 0 Å². The summed E-state index contributed by atoms with van der Waals surface area (Å²) in [7, 11) is 0. The monoisotopic (exact) mass is 498 g/mol. The van der Waals surface area contributed by atoms with Crippen molar-refractivity contribution < 1.29 is 66.9 Å². The highest BCUT2D eigenvalue weighted by Crippen LogP contribution is 2.61. The van der Waals surface area contributed by atoms with Gasteiger partial charge in [0.05, 0.1) is 12.7 Å². The maximum atomic E-state index is 13.9. The normalized spacial score (nSPS) is 15.6. The number of hydrogen-bond acceptors (Lipinski definition) is 2. The second kappa shape index (κ2) is 8.78. The first kappa shape index (κ1) is 28.1. The molecule has 0 aromatic heterocycles. The van der Waals surface area contributed by atoms with Gasteiger partial charge >= 0.3 is 35.8 Å². The summed E-state index contributed by atoms with van der Waals surface area (Å²) in [5, 5.41) is 9.70. The van der Waals surface area contributed by atoms with Gasteiger partial charge in [0.1, 0.15) is 5.75 Å². The number of rotatable bonds is 10. The summed E-state index contributed by atoms with van der Waals surface area (Å²) in [6.07, 6.45) is -12.5. The molecule has 1 N–H and O–H groups in total. The summed E-state index contributed by atoms with van der Waals surface area (Å²) >= 11 is 0. The van der Waals surface area contributed by atoms with Crippen molar-refractivity contribution in [3.05, 3.63) is 29.8 Å². The average molecular weight is 498 g/mol. The number of ether oxygens (including phenoxy) is 1. The van der Waals surface area contributed by atoms with Gasteiger partial charge in [0.25, 0.3) is 0 Å². The summed E-state index contributed by atoms with van der Waals surface area (Å²) in [5.41, 5.74) is -0.634. The maximum absolute atomic E-state index is 13.9. The average Bonchev–Trinajstić information content (AvgIpc) is 2.64. The van der Waals surface area contributed by atoms with Crippen LogP contribution in [0.1, 0.15) is 31.4 Å². The van der Waals surface area contributed by atoms with Crippen LogP contribution in [0.3, 0.4) is 0 Å². The number of hydrogen-bond donors (Lipinski definition) is 1. The third-order valence-corrected chi connectivity index (χ3v) is 4.16. The van der Waals surface area contributed by atoms with Crippen LogP contribution in [0, 0.1) is 0 Å². The van der Waals surface area contributed by atoms with E-state index in [1.807, 2.05) is 0 Å². The molecule has 15 heteroatoms. The highest BCUT2D eigenvalue weighted by Gasteiger charge is 2.90. The predicted molar refractivity (Wildman–Crippen MR) is 82.6 cm³/mol. The highest BCUT2D eigenvalue weighted by molar-refractivity contribution is 5.30. The quantitative estimate of drug-likeness (QED) is 0.367. The molecule has 186 valence electrons. The largest absolute Gasteiger partial charge is 0.494 e. The van der Waals surface area contributed by atoms with Gasteiger partial charge in [0, 0.05) is 6.42 Å². The minimum Gasteiger partial charge on any atom is -0.494 e. The van der Waals surface area contributed by atoms with Crippen molar-refractivity contribution in [1.29, 1.82) is 0 Å². The smallest absolute Gasteiger partial charge is 0.460 e. The zero-order valence-electron chi connectivity index (χ0n) is 15.8. The Morgan fingerprint density at radius 3 is 1.75 bits per heavy atom.